The number of nitrogens with one attached hydrogen (secondary N) is 3. The maximum Gasteiger partial charge on any atom is 0.153 e. The van der Waals surface area contributed by atoms with Gasteiger partial charge in [0.05, 0.1) is 6.20 Å². The number of nitrogen functional groups attached to an aromatic ring is 1. The molecule has 3 aromatic rings. The van der Waals surface area contributed by atoms with Crippen LogP contribution in [0, 0.1) is 6.92 Å². The van der Waals surface area contributed by atoms with Gasteiger partial charge in [0.1, 0.15) is 5.69 Å². The van der Waals surface area contributed by atoms with Crippen LogP contribution in [0.15, 0.2) is 30.5 Å². The molecule has 3 heterocycles. The zero-order chi connectivity index (χ0) is 15.8. The van der Waals surface area contributed by atoms with E-state index in [4.69, 9.17) is 5.73 Å². The van der Waals surface area contributed by atoms with Crippen molar-refractivity contribution in [2.24, 2.45) is 0 Å². The quantitative estimate of drug-likeness (QED) is 0.591. The van der Waals surface area contributed by atoms with E-state index in [0.29, 0.717) is 23.1 Å². The molecule has 1 aromatic carbocycles. The molecule has 23 heavy (non-hydrogen) atoms. The summed E-state index contributed by atoms with van der Waals surface area (Å²) in [6.45, 7) is 3.74. The Hall–Kier alpha value is -2.93. The highest BCUT2D eigenvalue weighted by molar-refractivity contribution is 5.72. The van der Waals surface area contributed by atoms with Crippen molar-refractivity contribution in [2.75, 3.05) is 11.1 Å². The van der Waals surface area contributed by atoms with Crippen LogP contribution in [0.4, 0.5) is 17.5 Å². The predicted molar refractivity (Wildman–Crippen MR) is 89.0 cm³/mol. The third kappa shape index (κ3) is 2.62. The van der Waals surface area contributed by atoms with Gasteiger partial charge >= 0.3 is 0 Å². The molecule has 1 aliphatic rings. The molecule has 0 atom stereocenters. The molecule has 0 aliphatic carbocycles. The van der Waals surface area contributed by atoms with Crippen molar-refractivity contribution in [3.63, 3.8) is 0 Å². The number of hydrogen-bond acceptors (Lipinski definition) is 6. The summed E-state index contributed by atoms with van der Waals surface area (Å²) in [6.07, 6.45) is 1.67. The number of aryl methyl sites for hydroxylation is 1. The summed E-state index contributed by atoms with van der Waals surface area (Å²) in [5, 5.41) is 13.4. The fourth-order valence-corrected chi connectivity index (χ4v) is 2.74. The van der Waals surface area contributed by atoms with Gasteiger partial charge in [-0.3, -0.25) is 5.10 Å². The van der Waals surface area contributed by atoms with Gasteiger partial charge in [-0.1, -0.05) is 12.1 Å². The minimum Gasteiger partial charge on any atom is -0.382 e. The number of fused-ring (bicyclic) bond motifs is 1. The Balaban J connectivity index is 1.63. The average molecular weight is 307 g/mol. The molecule has 5 N–H and O–H groups in total. The van der Waals surface area contributed by atoms with Crippen LogP contribution in [-0.4, -0.2) is 20.2 Å². The van der Waals surface area contributed by atoms with Crippen molar-refractivity contribution in [1.29, 1.82) is 0 Å². The number of aromatic nitrogens is 4. The third-order valence-electron chi connectivity index (χ3n) is 3.87. The van der Waals surface area contributed by atoms with Crippen LogP contribution in [-0.2, 0) is 13.1 Å². The Kier molecular flexibility index (Phi) is 3.20. The molecule has 2 aromatic heterocycles. The predicted octanol–water partition coefficient (Wildman–Crippen LogP) is 2.10. The van der Waals surface area contributed by atoms with Gasteiger partial charge in [-0.05, 0) is 24.1 Å². The summed E-state index contributed by atoms with van der Waals surface area (Å²) in [5.41, 5.74) is 11.4. The van der Waals surface area contributed by atoms with Crippen molar-refractivity contribution in [3.8, 4) is 11.3 Å². The largest absolute Gasteiger partial charge is 0.382 e. The number of anilines is 3. The molecule has 1 aliphatic heterocycles. The zero-order valence-electron chi connectivity index (χ0n) is 12.7. The molecular formula is C16H17N7. The molecule has 0 radical (unpaired) electrons. The third-order valence-corrected chi connectivity index (χ3v) is 3.87. The highest BCUT2D eigenvalue weighted by atomic mass is 15.2. The number of rotatable bonds is 3. The van der Waals surface area contributed by atoms with E-state index in [2.05, 4.69) is 42.9 Å². The van der Waals surface area contributed by atoms with E-state index in [1.54, 1.807) is 6.20 Å². The molecule has 0 saturated carbocycles. The van der Waals surface area contributed by atoms with Gasteiger partial charge in [0.2, 0.25) is 0 Å². The second-order valence-corrected chi connectivity index (χ2v) is 5.64. The van der Waals surface area contributed by atoms with Crippen LogP contribution in [0.25, 0.3) is 11.3 Å². The highest BCUT2D eigenvalue weighted by Crippen LogP contribution is 2.27. The van der Waals surface area contributed by atoms with Crippen molar-refractivity contribution in [2.45, 2.75) is 20.0 Å². The van der Waals surface area contributed by atoms with Crippen molar-refractivity contribution in [1.82, 2.24) is 25.5 Å². The molecule has 0 fully saturated rings. The van der Waals surface area contributed by atoms with E-state index in [1.807, 2.05) is 19.1 Å². The van der Waals surface area contributed by atoms with Gasteiger partial charge < -0.3 is 16.4 Å². The minimum absolute atomic E-state index is 0.396. The zero-order valence-corrected chi connectivity index (χ0v) is 12.7. The Bertz CT molecular complexity index is 869. The summed E-state index contributed by atoms with van der Waals surface area (Å²) in [4.78, 5) is 8.85. The van der Waals surface area contributed by atoms with Gasteiger partial charge in [-0.2, -0.15) is 5.10 Å². The molecule has 0 saturated heterocycles. The lowest BCUT2D eigenvalue weighted by atomic mass is 10.0. The van der Waals surface area contributed by atoms with E-state index < -0.39 is 0 Å². The Morgan fingerprint density at radius 1 is 1.13 bits per heavy atom. The summed E-state index contributed by atoms with van der Waals surface area (Å²) < 4.78 is 0. The Morgan fingerprint density at radius 3 is 2.78 bits per heavy atom. The van der Waals surface area contributed by atoms with Gasteiger partial charge in [0.25, 0.3) is 0 Å². The van der Waals surface area contributed by atoms with Crippen LogP contribution in [0.5, 0.6) is 0 Å². The molecule has 0 amide bonds. The second-order valence-electron chi connectivity index (χ2n) is 5.64. The van der Waals surface area contributed by atoms with E-state index in [9.17, 15) is 0 Å². The molecule has 4 rings (SSSR count). The Labute approximate surface area is 133 Å². The molecule has 7 heteroatoms. The van der Waals surface area contributed by atoms with Crippen LogP contribution >= 0.6 is 0 Å². The van der Waals surface area contributed by atoms with Crippen LogP contribution in [0.1, 0.15) is 16.8 Å². The number of hydrogen-bond donors (Lipinski definition) is 4. The van der Waals surface area contributed by atoms with Crippen molar-refractivity contribution < 1.29 is 0 Å². The van der Waals surface area contributed by atoms with Gasteiger partial charge in [0.15, 0.2) is 17.5 Å². The second kappa shape index (κ2) is 5.36. The molecule has 116 valence electrons. The summed E-state index contributed by atoms with van der Waals surface area (Å²) in [5.74, 6) is 1.65. The van der Waals surface area contributed by atoms with Gasteiger partial charge in [-0.15, -0.1) is 0 Å². The highest BCUT2D eigenvalue weighted by Gasteiger charge is 2.13. The lowest BCUT2D eigenvalue weighted by Gasteiger charge is -2.08. The Morgan fingerprint density at radius 2 is 2.00 bits per heavy atom. The number of benzene rings is 1. The monoisotopic (exact) mass is 307 g/mol. The minimum atomic E-state index is 0.396. The van der Waals surface area contributed by atoms with Crippen LogP contribution < -0.4 is 16.4 Å². The van der Waals surface area contributed by atoms with Crippen LogP contribution in [0.2, 0.25) is 0 Å². The van der Waals surface area contributed by atoms with E-state index >= 15 is 0 Å². The molecule has 0 spiro atoms. The number of nitrogens with zero attached hydrogens (tertiary/aromatic N) is 3. The molecule has 7 nitrogen and oxygen atoms in total. The number of aromatic amines is 1. The average Bonchev–Trinajstić information content (AvgIpc) is 3.15. The SMILES string of the molecule is Cc1cc(Nc2cnc(-c3ccc4c(c3)CNC4)c(N)n2)n[nH]1. The first-order chi connectivity index (χ1) is 11.2. The number of H-pyrrole nitrogens is 1. The maximum atomic E-state index is 6.10. The van der Waals surface area contributed by atoms with Crippen molar-refractivity contribution in [3.05, 3.63) is 47.3 Å². The first-order valence-electron chi connectivity index (χ1n) is 7.43. The topological polar surface area (TPSA) is 105 Å². The molecule has 0 bridgehead atoms. The smallest absolute Gasteiger partial charge is 0.153 e. The van der Waals surface area contributed by atoms with Gasteiger partial charge in [-0.25, -0.2) is 9.97 Å². The first-order valence-corrected chi connectivity index (χ1v) is 7.43. The standard InChI is InChI=1S/C16H17N7/c1-9-4-13(23-22-9)20-14-8-19-15(16(17)21-14)10-2-3-11-6-18-7-12(11)5-10/h2-5,8,18H,6-7H2,1H3,(H4,17,20,21,22,23). The van der Waals surface area contributed by atoms with E-state index in [-0.39, 0.29) is 0 Å². The fraction of sp³-hybridized carbons (Fsp3) is 0.188. The molecular weight excluding hydrogens is 290 g/mol. The first kappa shape index (κ1) is 13.7. The lowest BCUT2D eigenvalue weighted by molar-refractivity contribution is 0.765. The maximum absolute atomic E-state index is 6.10. The summed E-state index contributed by atoms with van der Waals surface area (Å²) >= 11 is 0. The summed E-state index contributed by atoms with van der Waals surface area (Å²) in [7, 11) is 0. The van der Waals surface area contributed by atoms with Crippen molar-refractivity contribution >= 4 is 17.5 Å². The van der Waals surface area contributed by atoms with E-state index in [0.717, 1.165) is 24.3 Å². The van der Waals surface area contributed by atoms with E-state index in [1.165, 1.54) is 11.1 Å². The lowest BCUT2D eigenvalue weighted by Crippen LogP contribution is -2.02. The molecule has 0 unspecified atom stereocenters. The normalized spacial score (nSPS) is 13.1. The number of nitrogens with two attached hydrogens (primary N) is 1. The van der Waals surface area contributed by atoms with Gasteiger partial charge in [0, 0.05) is 30.4 Å². The summed E-state index contributed by atoms with van der Waals surface area (Å²) in [6, 6.07) is 8.17. The van der Waals surface area contributed by atoms with Crippen LogP contribution in [0.3, 0.4) is 0 Å². The fourth-order valence-electron chi connectivity index (χ4n) is 2.74.